The third-order valence-corrected chi connectivity index (χ3v) is 3.88. The van der Waals surface area contributed by atoms with E-state index in [1.807, 2.05) is 0 Å². The highest BCUT2D eigenvalue weighted by Crippen LogP contribution is 2.17. The third-order valence-electron chi connectivity index (χ3n) is 2.71. The van der Waals surface area contributed by atoms with Crippen molar-refractivity contribution >= 4 is 50.1 Å². The van der Waals surface area contributed by atoms with Gasteiger partial charge in [0.2, 0.25) is 0 Å². The largest absolute Gasteiger partial charge is 0.398 e. The summed E-state index contributed by atoms with van der Waals surface area (Å²) in [4.78, 5) is 12.0. The summed E-state index contributed by atoms with van der Waals surface area (Å²) in [5.74, 6) is -0.684. The fourth-order valence-electron chi connectivity index (χ4n) is 1.68. The maximum Gasteiger partial charge on any atom is 0.253 e. The number of anilines is 1. The number of amides is 1. The second-order valence-corrected chi connectivity index (χ2v) is 6.31. The Balaban J connectivity index is 2.08. The molecule has 0 aromatic heterocycles. The highest BCUT2D eigenvalue weighted by atomic mass is 127. The van der Waals surface area contributed by atoms with Crippen LogP contribution in [0.2, 0.25) is 0 Å². The van der Waals surface area contributed by atoms with E-state index in [9.17, 15) is 9.18 Å². The van der Waals surface area contributed by atoms with Crippen LogP contribution < -0.4 is 11.1 Å². The normalized spacial score (nSPS) is 10.3. The van der Waals surface area contributed by atoms with E-state index in [-0.39, 0.29) is 18.3 Å². The summed E-state index contributed by atoms with van der Waals surface area (Å²) in [6.45, 7) is 0.114. The molecular weight excluding hydrogens is 438 g/mol. The Morgan fingerprint density at radius 3 is 2.70 bits per heavy atom. The van der Waals surface area contributed by atoms with Crippen LogP contribution in [0.3, 0.4) is 0 Å². The van der Waals surface area contributed by atoms with E-state index >= 15 is 0 Å². The van der Waals surface area contributed by atoms with Gasteiger partial charge in [-0.15, -0.1) is 0 Å². The fraction of sp³-hybridized carbons (Fsp3) is 0.0714. The maximum absolute atomic E-state index is 13.6. The highest BCUT2D eigenvalue weighted by molar-refractivity contribution is 14.1. The molecule has 0 saturated carbocycles. The summed E-state index contributed by atoms with van der Waals surface area (Å²) in [5.41, 5.74) is 7.02. The van der Waals surface area contributed by atoms with Crippen LogP contribution in [-0.4, -0.2) is 5.91 Å². The Kier molecular flexibility index (Phi) is 4.98. The second kappa shape index (κ2) is 6.53. The number of carbonyl (C=O) groups is 1. The quantitative estimate of drug-likeness (QED) is 0.555. The van der Waals surface area contributed by atoms with Crippen LogP contribution in [0.5, 0.6) is 0 Å². The molecule has 0 fully saturated rings. The lowest BCUT2D eigenvalue weighted by Gasteiger charge is -2.09. The van der Waals surface area contributed by atoms with Crippen molar-refractivity contribution in [3.63, 3.8) is 0 Å². The van der Waals surface area contributed by atoms with E-state index in [0.717, 1.165) is 3.57 Å². The number of rotatable bonds is 3. The summed E-state index contributed by atoms with van der Waals surface area (Å²) < 4.78 is 15.2. The smallest absolute Gasteiger partial charge is 0.253 e. The Morgan fingerprint density at radius 2 is 2.05 bits per heavy atom. The zero-order valence-electron chi connectivity index (χ0n) is 10.3. The van der Waals surface area contributed by atoms with E-state index < -0.39 is 0 Å². The number of nitrogens with two attached hydrogens (primary N) is 1. The molecule has 0 atom stereocenters. The van der Waals surface area contributed by atoms with Crippen molar-refractivity contribution in [1.29, 1.82) is 0 Å². The van der Waals surface area contributed by atoms with Crippen molar-refractivity contribution in [2.24, 2.45) is 0 Å². The van der Waals surface area contributed by atoms with Gasteiger partial charge in [0.15, 0.2) is 0 Å². The molecular formula is C14H11BrFIN2O. The standard InChI is InChI=1S/C14H11BrFIN2O/c15-9-2-1-8(12(16)5-9)7-19-14(20)11-4-3-10(17)6-13(11)18/h1-6H,7,18H2,(H,19,20). The first-order chi connectivity index (χ1) is 9.47. The van der Waals surface area contributed by atoms with E-state index in [0.29, 0.717) is 21.3 Å². The van der Waals surface area contributed by atoms with Gasteiger partial charge in [-0.25, -0.2) is 4.39 Å². The van der Waals surface area contributed by atoms with Gasteiger partial charge < -0.3 is 11.1 Å². The van der Waals surface area contributed by atoms with Crippen LogP contribution in [0.15, 0.2) is 40.9 Å². The molecule has 0 spiro atoms. The molecule has 1 amide bonds. The molecule has 2 aromatic carbocycles. The van der Waals surface area contributed by atoms with Gasteiger partial charge in [-0.05, 0) is 52.9 Å². The van der Waals surface area contributed by atoms with E-state index in [1.165, 1.54) is 6.07 Å². The number of nitrogen functional groups attached to an aromatic ring is 1. The number of hydrogen-bond acceptors (Lipinski definition) is 2. The summed E-state index contributed by atoms with van der Waals surface area (Å²) >= 11 is 5.30. The van der Waals surface area contributed by atoms with E-state index in [1.54, 1.807) is 30.3 Å². The molecule has 104 valence electrons. The molecule has 0 radical (unpaired) electrons. The lowest BCUT2D eigenvalue weighted by atomic mass is 10.1. The van der Waals surface area contributed by atoms with Gasteiger partial charge in [-0.2, -0.15) is 0 Å². The molecule has 20 heavy (non-hydrogen) atoms. The molecule has 0 unspecified atom stereocenters. The zero-order chi connectivity index (χ0) is 14.7. The first-order valence-corrected chi connectivity index (χ1v) is 7.61. The van der Waals surface area contributed by atoms with Gasteiger partial charge in [0.1, 0.15) is 5.82 Å². The molecule has 3 N–H and O–H groups in total. The molecule has 2 aromatic rings. The SMILES string of the molecule is Nc1cc(I)ccc1C(=O)NCc1ccc(Br)cc1F. The summed E-state index contributed by atoms with van der Waals surface area (Å²) in [5, 5.41) is 2.66. The van der Waals surface area contributed by atoms with Crippen molar-refractivity contribution in [2.75, 3.05) is 5.73 Å². The van der Waals surface area contributed by atoms with E-state index in [4.69, 9.17) is 5.73 Å². The zero-order valence-corrected chi connectivity index (χ0v) is 14.0. The number of benzene rings is 2. The minimum atomic E-state index is -0.366. The minimum Gasteiger partial charge on any atom is -0.398 e. The Hall–Kier alpha value is -1.15. The minimum absolute atomic E-state index is 0.114. The Labute approximate surface area is 138 Å². The lowest BCUT2D eigenvalue weighted by molar-refractivity contribution is 0.0951. The first kappa shape index (κ1) is 15.2. The molecule has 0 aliphatic heterocycles. The van der Waals surface area contributed by atoms with Gasteiger partial charge in [0, 0.05) is 25.8 Å². The molecule has 0 heterocycles. The molecule has 0 saturated heterocycles. The molecule has 0 aliphatic carbocycles. The van der Waals surface area contributed by atoms with Crippen LogP contribution in [0, 0.1) is 9.39 Å². The van der Waals surface area contributed by atoms with Gasteiger partial charge in [-0.1, -0.05) is 22.0 Å². The average molecular weight is 449 g/mol. The van der Waals surface area contributed by atoms with Crippen molar-refractivity contribution in [1.82, 2.24) is 5.32 Å². The average Bonchev–Trinajstić information content (AvgIpc) is 2.37. The van der Waals surface area contributed by atoms with Crippen LogP contribution in [0.1, 0.15) is 15.9 Å². The number of carbonyl (C=O) groups excluding carboxylic acids is 1. The van der Waals surface area contributed by atoms with Crippen LogP contribution >= 0.6 is 38.5 Å². The second-order valence-electron chi connectivity index (χ2n) is 4.15. The number of halogens is 3. The number of hydrogen-bond donors (Lipinski definition) is 2. The Morgan fingerprint density at radius 1 is 1.30 bits per heavy atom. The summed E-state index contributed by atoms with van der Waals surface area (Å²) in [6.07, 6.45) is 0. The van der Waals surface area contributed by atoms with Gasteiger partial charge in [-0.3, -0.25) is 4.79 Å². The number of nitrogens with one attached hydrogen (secondary N) is 1. The lowest BCUT2D eigenvalue weighted by Crippen LogP contribution is -2.24. The van der Waals surface area contributed by atoms with Crippen LogP contribution in [0.25, 0.3) is 0 Å². The van der Waals surface area contributed by atoms with Gasteiger partial charge in [0.05, 0.1) is 5.56 Å². The predicted octanol–water partition coefficient (Wildman–Crippen LogP) is 3.71. The monoisotopic (exact) mass is 448 g/mol. The maximum atomic E-state index is 13.6. The third kappa shape index (κ3) is 3.69. The first-order valence-electron chi connectivity index (χ1n) is 5.74. The van der Waals surface area contributed by atoms with Crippen molar-refractivity contribution in [2.45, 2.75) is 6.54 Å². The summed E-state index contributed by atoms with van der Waals surface area (Å²) in [6, 6.07) is 9.88. The Bertz CT molecular complexity index is 664. The molecule has 3 nitrogen and oxygen atoms in total. The van der Waals surface area contributed by atoms with Crippen molar-refractivity contribution < 1.29 is 9.18 Å². The van der Waals surface area contributed by atoms with Crippen LogP contribution in [-0.2, 0) is 6.54 Å². The summed E-state index contributed by atoms with van der Waals surface area (Å²) in [7, 11) is 0. The van der Waals surface area contributed by atoms with Gasteiger partial charge >= 0.3 is 0 Å². The molecule has 0 bridgehead atoms. The van der Waals surface area contributed by atoms with Gasteiger partial charge in [0.25, 0.3) is 5.91 Å². The fourth-order valence-corrected chi connectivity index (χ4v) is 2.52. The van der Waals surface area contributed by atoms with Crippen molar-refractivity contribution in [3.8, 4) is 0 Å². The molecule has 0 aliphatic rings. The highest BCUT2D eigenvalue weighted by Gasteiger charge is 2.11. The molecule has 6 heteroatoms. The molecule has 2 rings (SSSR count). The van der Waals surface area contributed by atoms with Crippen LogP contribution in [0.4, 0.5) is 10.1 Å². The topological polar surface area (TPSA) is 55.1 Å². The van der Waals surface area contributed by atoms with Crippen molar-refractivity contribution in [3.05, 3.63) is 61.4 Å². The predicted molar refractivity (Wildman–Crippen MR) is 88.8 cm³/mol. The van der Waals surface area contributed by atoms with E-state index in [2.05, 4.69) is 43.8 Å².